The number of alkyl halides is 1. The van der Waals surface area contributed by atoms with E-state index in [-0.39, 0.29) is 5.38 Å². The maximum Gasteiger partial charge on any atom is 0.282 e. The van der Waals surface area contributed by atoms with Crippen LogP contribution in [-0.2, 0) is 10.2 Å². The maximum atomic E-state index is 12.2. The molecule has 0 aromatic heterocycles. The molecule has 0 spiro atoms. The van der Waals surface area contributed by atoms with Crippen LogP contribution < -0.4 is 0 Å². The molecule has 2 atom stereocenters. The Morgan fingerprint density at radius 3 is 2.38 bits per heavy atom. The first-order chi connectivity index (χ1) is 7.43. The fraction of sp³-hybridized carbons (Fsp3) is 1.00. The molecule has 0 radical (unpaired) electrons. The average Bonchev–Trinajstić information content (AvgIpc) is 2.23. The van der Waals surface area contributed by atoms with Crippen molar-refractivity contribution in [2.45, 2.75) is 32.6 Å². The van der Waals surface area contributed by atoms with Gasteiger partial charge in [0.05, 0.1) is 5.38 Å². The van der Waals surface area contributed by atoms with Crippen molar-refractivity contribution >= 4 is 21.8 Å². The van der Waals surface area contributed by atoms with Gasteiger partial charge in [-0.2, -0.15) is 17.0 Å². The molecular weight excluding hydrogens is 248 g/mol. The van der Waals surface area contributed by atoms with Crippen molar-refractivity contribution in [3.8, 4) is 0 Å². The maximum absolute atomic E-state index is 12.2. The molecule has 1 fully saturated rings. The SMILES string of the molecule is CCN(CC)S(=O)(=O)N1CCC(C)C(Cl)C1. The topological polar surface area (TPSA) is 40.6 Å². The van der Waals surface area contributed by atoms with Gasteiger partial charge in [0.1, 0.15) is 0 Å². The second-order valence-corrected chi connectivity index (χ2v) is 6.72. The first-order valence-corrected chi connectivity index (χ1v) is 7.66. The standard InChI is InChI=1S/C10H21ClN2O2S/c1-4-12(5-2)16(14,15)13-7-6-9(3)10(11)8-13/h9-10H,4-8H2,1-3H3. The van der Waals surface area contributed by atoms with Crippen molar-refractivity contribution in [1.82, 2.24) is 8.61 Å². The quantitative estimate of drug-likeness (QED) is 0.726. The van der Waals surface area contributed by atoms with Crippen LogP contribution in [0.5, 0.6) is 0 Å². The van der Waals surface area contributed by atoms with Crippen molar-refractivity contribution in [1.29, 1.82) is 0 Å². The van der Waals surface area contributed by atoms with Crippen LogP contribution in [0.15, 0.2) is 0 Å². The number of nitrogens with zero attached hydrogens (tertiary/aromatic N) is 2. The molecule has 0 aromatic rings. The van der Waals surface area contributed by atoms with E-state index in [4.69, 9.17) is 11.6 Å². The van der Waals surface area contributed by atoms with E-state index >= 15 is 0 Å². The van der Waals surface area contributed by atoms with Crippen LogP contribution in [0.3, 0.4) is 0 Å². The second kappa shape index (κ2) is 5.67. The van der Waals surface area contributed by atoms with Gasteiger partial charge in [0, 0.05) is 26.2 Å². The largest absolute Gasteiger partial charge is 0.282 e. The van der Waals surface area contributed by atoms with Crippen molar-refractivity contribution < 1.29 is 8.42 Å². The average molecular weight is 269 g/mol. The highest BCUT2D eigenvalue weighted by atomic mass is 35.5. The lowest BCUT2D eigenvalue weighted by Crippen LogP contribution is -2.50. The van der Waals surface area contributed by atoms with Crippen LogP contribution in [0.2, 0.25) is 0 Å². The van der Waals surface area contributed by atoms with Gasteiger partial charge in [0.15, 0.2) is 0 Å². The van der Waals surface area contributed by atoms with Gasteiger partial charge < -0.3 is 0 Å². The predicted octanol–water partition coefficient (Wildman–Crippen LogP) is 1.52. The molecule has 0 aromatic carbocycles. The van der Waals surface area contributed by atoms with E-state index in [2.05, 4.69) is 6.92 Å². The highest BCUT2D eigenvalue weighted by Gasteiger charge is 2.34. The van der Waals surface area contributed by atoms with Crippen LogP contribution in [-0.4, -0.2) is 48.6 Å². The molecule has 1 rings (SSSR count). The molecule has 96 valence electrons. The molecule has 0 bridgehead atoms. The fourth-order valence-electron chi connectivity index (χ4n) is 1.92. The molecular formula is C10H21ClN2O2S. The summed E-state index contributed by atoms with van der Waals surface area (Å²) < 4.78 is 27.4. The van der Waals surface area contributed by atoms with E-state index in [1.165, 1.54) is 8.61 Å². The number of halogens is 1. The first-order valence-electron chi connectivity index (χ1n) is 5.82. The van der Waals surface area contributed by atoms with Crippen LogP contribution in [0, 0.1) is 5.92 Å². The van der Waals surface area contributed by atoms with Gasteiger partial charge in [-0.3, -0.25) is 0 Å². The molecule has 1 heterocycles. The van der Waals surface area contributed by atoms with Gasteiger partial charge in [-0.25, -0.2) is 0 Å². The molecule has 1 aliphatic heterocycles. The van der Waals surface area contributed by atoms with E-state index in [9.17, 15) is 8.42 Å². The summed E-state index contributed by atoms with van der Waals surface area (Å²) in [5, 5.41) is -0.0703. The lowest BCUT2D eigenvalue weighted by Gasteiger charge is -2.35. The summed E-state index contributed by atoms with van der Waals surface area (Å²) in [6, 6.07) is 0. The Bertz CT molecular complexity index is 317. The Kier molecular flexibility index (Phi) is 5.04. The molecule has 6 heteroatoms. The van der Waals surface area contributed by atoms with E-state index in [0.29, 0.717) is 32.1 Å². The summed E-state index contributed by atoms with van der Waals surface area (Å²) in [5.41, 5.74) is 0. The highest BCUT2D eigenvalue weighted by molar-refractivity contribution is 7.86. The predicted molar refractivity (Wildman–Crippen MR) is 66.8 cm³/mol. The van der Waals surface area contributed by atoms with Crippen molar-refractivity contribution in [2.75, 3.05) is 26.2 Å². The van der Waals surface area contributed by atoms with E-state index in [1.807, 2.05) is 13.8 Å². The van der Waals surface area contributed by atoms with Gasteiger partial charge in [-0.1, -0.05) is 20.8 Å². The van der Waals surface area contributed by atoms with E-state index in [1.54, 1.807) is 0 Å². The van der Waals surface area contributed by atoms with Crippen LogP contribution in [0.1, 0.15) is 27.2 Å². The molecule has 1 aliphatic rings. The summed E-state index contributed by atoms with van der Waals surface area (Å²) in [5.74, 6) is 0.393. The summed E-state index contributed by atoms with van der Waals surface area (Å²) in [6.45, 7) is 7.82. The van der Waals surface area contributed by atoms with Crippen molar-refractivity contribution in [3.63, 3.8) is 0 Å². The zero-order chi connectivity index (χ0) is 12.3. The van der Waals surface area contributed by atoms with Gasteiger partial charge in [0.25, 0.3) is 10.2 Å². The number of hydrogen-bond donors (Lipinski definition) is 0. The normalized spacial score (nSPS) is 28.6. The summed E-state index contributed by atoms with van der Waals surface area (Å²) in [7, 11) is -3.30. The monoisotopic (exact) mass is 268 g/mol. The van der Waals surface area contributed by atoms with Crippen LogP contribution >= 0.6 is 11.6 Å². The summed E-state index contributed by atoms with van der Waals surface area (Å²) in [6.07, 6.45) is 0.842. The lowest BCUT2D eigenvalue weighted by molar-refractivity contribution is 0.271. The first kappa shape index (κ1) is 14.2. The van der Waals surface area contributed by atoms with E-state index in [0.717, 1.165) is 6.42 Å². The molecule has 0 aliphatic carbocycles. The fourth-order valence-corrected chi connectivity index (χ4v) is 3.96. The minimum absolute atomic E-state index is 0.0703. The van der Waals surface area contributed by atoms with Gasteiger partial charge >= 0.3 is 0 Å². The summed E-state index contributed by atoms with van der Waals surface area (Å²) >= 11 is 6.13. The number of rotatable bonds is 4. The third-order valence-electron chi connectivity index (χ3n) is 3.19. The number of hydrogen-bond acceptors (Lipinski definition) is 2. The zero-order valence-electron chi connectivity index (χ0n) is 10.2. The third kappa shape index (κ3) is 2.88. The molecule has 2 unspecified atom stereocenters. The van der Waals surface area contributed by atoms with Crippen molar-refractivity contribution in [3.05, 3.63) is 0 Å². The van der Waals surface area contributed by atoms with Gasteiger partial charge in [-0.15, -0.1) is 11.6 Å². The number of piperidine rings is 1. The van der Waals surface area contributed by atoms with E-state index < -0.39 is 10.2 Å². The Hall–Kier alpha value is 0.160. The van der Waals surface area contributed by atoms with Gasteiger partial charge in [0.2, 0.25) is 0 Å². The molecule has 4 nitrogen and oxygen atoms in total. The van der Waals surface area contributed by atoms with Crippen LogP contribution in [0.4, 0.5) is 0 Å². The molecule has 0 amide bonds. The van der Waals surface area contributed by atoms with Crippen molar-refractivity contribution in [2.24, 2.45) is 5.92 Å². The minimum Gasteiger partial charge on any atom is -0.195 e. The minimum atomic E-state index is -3.30. The smallest absolute Gasteiger partial charge is 0.195 e. The second-order valence-electron chi connectivity index (χ2n) is 4.23. The van der Waals surface area contributed by atoms with Crippen LogP contribution in [0.25, 0.3) is 0 Å². The Morgan fingerprint density at radius 1 is 1.38 bits per heavy atom. The summed E-state index contributed by atoms with van der Waals surface area (Å²) in [4.78, 5) is 0. The zero-order valence-corrected chi connectivity index (χ0v) is 11.8. The molecule has 0 saturated carbocycles. The van der Waals surface area contributed by atoms with Gasteiger partial charge in [-0.05, 0) is 12.3 Å². The Morgan fingerprint density at radius 2 is 1.94 bits per heavy atom. The molecule has 16 heavy (non-hydrogen) atoms. The third-order valence-corrected chi connectivity index (χ3v) is 5.91. The molecule has 0 N–H and O–H groups in total. The Balaban J connectivity index is 2.77. The Labute approximate surface area is 104 Å². The molecule has 1 saturated heterocycles. The lowest BCUT2D eigenvalue weighted by atomic mass is 10.0. The highest BCUT2D eigenvalue weighted by Crippen LogP contribution is 2.24.